The number of carbonyl (C=O) groups excluding carboxylic acids is 1. The normalized spacial score (nSPS) is 54.5. The summed E-state index contributed by atoms with van der Waals surface area (Å²) < 4.78 is 59.9. The average molecular weight is 1130 g/mol. The van der Waals surface area contributed by atoms with Crippen molar-refractivity contribution in [2.75, 3.05) is 33.0 Å². The minimum Gasteiger partial charge on any atom is -0.432 e. The Morgan fingerprint density at radius 3 is 1.53 bits per heavy atom. The summed E-state index contributed by atoms with van der Waals surface area (Å²) >= 11 is 0. The van der Waals surface area contributed by atoms with Gasteiger partial charge in [0.05, 0.1) is 44.1 Å². The summed E-state index contributed by atoms with van der Waals surface area (Å²) in [5, 5.41) is 181. The predicted octanol–water partition coefficient (Wildman–Crippen LogP) is -7.29. The van der Waals surface area contributed by atoms with Gasteiger partial charge >= 0.3 is 5.97 Å². The quantitative estimate of drug-likeness (QED) is 0.0411. The summed E-state index contributed by atoms with van der Waals surface area (Å²) in [5.41, 5.74) is -2.61. The number of aliphatic hydroxyl groups excluding tert-OH is 17. The highest BCUT2D eigenvalue weighted by Gasteiger charge is 2.70. The summed E-state index contributed by atoms with van der Waals surface area (Å²) in [6.07, 6.45) is -39.9. The Morgan fingerprint density at radius 2 is 0.962 bits per heavy atom. The maximum atomic E-state index is 14.4. The Kier molecular flexibility index (Phi) is 18.2. The largest absolute Gasteiger partial charge is 0.432 e. The molecule has 28 nitrogen and oxygen atoms in total. The molecule has 0 aromatic carbocycles. The van der Waals surface area contributed by atoms with Gasteiger partial charge in [0.2, 0.25) is 6.29 Å². The molecule has 78 heavy (non-hydrogen) atoms. The van der Waals surface area contributed by atoms with Gasteiger partial charge in [0.25, 0.3) is 0 Å². The van der Waals surface area contributed by atoms with E-state index in [4.69, 9.17) is 47.4 Å². The lowest BCUT2D eigenvalue weighted by molar-refractivity contribution is -0.401. The van der Waals surface area contributed by atoms with Crippen LogP contribution in [0.1, 0.15) is 71.6 Å². The molecule has 0 amide bonds. The van der Waals surface area contributed by atoms with Crippen molar-refractivity contribution in [2.45, 2.75) is 231 Å². The van der Waals surface area contributed by atoms with Gasteiger partial charge in [0.15, 0.2) is 25.2 Å². The number of hydrogen-bond acceptors (Lipinski definition) is 28. The molecule has 9 fully saturated rings. The van der Waals surface area contributed by atoms with Crippen molar-refractivity contribution < 1.29 is 139 Å². The zero-order valence-corrected chi connectivity index (χ0v) is 43.3. The van der Waals surface area contributed by atoms with Crippen molar-refractivity contribution in [3.63, 3.8) is 0 Å². The monoisotopic (exact) mass is 1130 g/mol. The van der Waals surface area contributed by atoms with Crippen LogP contribution in [-0.4, -0.2) is 285 Å². The molecule has 5 saturated heterocycles. The molecule has 4 aliphatic carbocycles. The first kappa shape index (κ1) is 60.8. The van der Waals surface area contributed by atoms with E-state index in [1.54, 1.807) is 0 Å². The van der Waals surface area contributed by atoms with Crippen LogP contribution >= 0.6 is 0 Å². The number of carbonyl (C=O) groups is 1. The van der Waals surface area contributed by atoms with Gasteiger partial charge in [-0.15, -0.1) is 0 Å². The standard InChI is InChI=1S/C50H80O28/c1-18-11-49-9-5-24-47(2,7-4-8-48(24,3)46(68)77-44-38(67)33(62)28(57)21(14-53)72-44)25(49)6-10-50(18,17-49)78-45-40(76-42-36(65)32(61)27(56)20(13-52)71-42)39(30(59)22(15-54)73-45)75-43-37(66)34(63)29(58)23(74-43)16-69-41-35(64)31(60)26(55)19(12-51)70-41/h19-45,51-67H,1,4-17H2,2-3H3/t19?,20?,21?,22?,23?,24-,25-,26+,27+,28+,29+,30+,31-,32-,33-,34-,35?,36?,37?,38?,39-,40?,41-,42-,43-,44-,45-,47+,48+,49+,50-/m0/s1. The van der Waals surface area contributed by atoms with Gasteiger partial charge < -0.3 is 134 Å². The molecule has 0 aromatic heterocycles. The van der Waals surface area contributed by atoms with Crippen LogP contribution in [0.4, 0.5) is 0 Å². The lowest BCUT2D eigenvalue weighted by Gasteiger charge is -2.64. The second-order valence-electron chi connectivity index (χ2n) is 23.7. The smallest absolute Gasteiger partial charge is 0.314 e. The Balaban J connectivity index is 0.972. The van der Waals surface area contributed by atoms with E-state index in [9.17, 15) is 91.6 Å². The van der Waals surface area contributed by atoms with Crippen LogP contribution in [0.25, 0.3) is 0 Å². The number of hydrogen-bond donors (Lipinski definition) is 17. The maximum Gasteiger partial charge on any atom is 0.314 e. The number of aliphatic hydroxyl groups is 17. The molecule has 1 spiro atoms. The summed E-state index contributed by atoms with van der Waals surface area (Å²) in [6.45, 7) is 4.51. The molecule has 5 heterocycles. The molecule has 10 unspecified atom stereocenters. The van der Waals surface area contributed by atoms with Gasteiger partial charge in [-0.1, -0.05) is 19.9 Å². The third-order valence-electron chi connectivity index (χ3n) is 19.2. The second-order valence-corrected chi connectivity index (χ2v) is 23.7. The Labute approximate surface area is 448 Å². The van der Waals surface area contributed by atoms with Crippen LogP contribution in [0, 0.1) is 28.1 Å². The van der Waals surface area contributed by atoms with Gasteiger partial charge in [0.1, 0.15) is 122 Å². The molecule has 2 bridgehead atoms. The van der Waals surface area contributed by atoms with E-state index in [1.807, 2.05) is 6.92 Å². The summed E-state index contributed by atoms with van der Waals surface area (Å²) in [4.78, 5) is 14.4. The highest BCUT2D eigenvalue weighted by atomic mass is 16.8. The predicted molar refractivity (Wildman–Crippen MR) is 252 cm³/mol. The fraction of sp³-hybridized carbons (Fsp3) is 0.940. The third-order valence-corrected chi connectivity index (χ3v) is 19.2. The molecule has 31 atom stereocenters. The zero-order chi connectivity index (χ0) is 56.7. The SMILES string of the molecule is C=C1C[C@@]23CC[C@H]4[C@@](C)(CCC[C@@]4(C)C(=O)O[C@@H]4OC(CO)[C@@H](O)[C@H](O)C4O)[C@@H]2CC[C@]1(O[C@@H]1OC(CO)[C@@H](O)[C@H](O[C@@H]2OC(CO[C@H]4OC(CO)[C@@H](O)[C@H](O)C4O)[C@@H](O)[C@H](O)C2O)C1O[C@@H]1OC(CO)[C@@H](O)[C@H](O)C1O)C3. The van der Waals surface area contributed by atoms with Gasteiger partial charge in [0, 0.05) is 0 Å². The molecule has 4 saturated carbocycles. The highest BCUT2D eigenvalue weighted by molar-refractivity contribution is 5.77. The van der Waals surface area contributed by atoms with Crippen molar-refractivity contribution in [1.29, 1.82) is 0 Å². The van der Waals surface area contributed by atoms with Crippen molar-refractivity contribution in [3.8, 4) is 0 Å². The van der Waals surface area contributed by atoms with E-state index in [-0.39, 0.29) is 11.8 Å². The lowest BCUT2D eigenvalue weighted by Crippen LogP contribution is -2.68. The maximum absolute atomic E-state index is 14.4. The van der Waals surface area contributed by atoms with E-state index >= 15 is 0 Å². The van der Waals surface area contributed by atoms with Gasteiger partial charge in [-0.2, -0.15) is 0 Å². The fourth-order valence-corrected chi connectivity index (χ4v) is 14.9. The summed E-state index contributed by atoms with van der Waals surface area (Å²) in [5.74, 6) is -0.929. The van der Waals surface area contributed by atoms with Crippen LogP contribution < -0.4 is 0 Å². The first-order valence-electron chi connectivity index (χ1n) is 26.9. The lowest BCUT2D eigenvalue weighted by atomic mass is 9.41. The molecule has 448 valence electrons. The van der Waals surface area contributed by atoms with Crippen LogP contribution in [0.2, 0.25) is 0 Å². The molecule has 9 rings (SSSR count). The minimum atomic E-state index is -2.10. The van der Waals surface area contributed by atoms with E-state index in [0.29, 0.717) is 56.9 Å². The molecular formula is C50H80O28. The van der Waals surface area contributed by atoms with Crippen LogP contribution in [0.5, 0.6) is 0 Å². The Bertz CT molecular complexity index is 2070. The minimum absolute atomic E-state index is 0.0275. The van der Waals surface area contributed by atoms with E-state index in [1.165, 1.54) is 0 Å². The summed E-state index contributed by atoms with van der Waals surface area (Å²) in [6, 6.07) is 0. The van der Waals surface area contributed by atoms with Gasteiger partial charge in [-0.25, -0.2) is 0 Å². The molecule has 5 aliphatic heterocycles. The third kappa shape index (κ3) is 10.4. The molecular weight excluding hydrogens is 1050 g/mol. The number of ether oxygens (including phenoxy) is 10. The number of esters is 1. The first-order chi connectivity index (χ1) is 36.8. The van der Waals surface area contributed by atoms with Crippen molar-refractivity contribution in [3.05, 3.63) is 12.2 Å². The van der Waals surface area contributed by atoms with Crippen molar-refractivity contribution in [1.82, 2.24) is 0 Å². The van der Waals surface area contributed by atoms with Crippen LogP contribution in [0.15, 0.2) is 12.2 Å². The molecule has 17 N–H and O–H groups in total. The molecule has 0 aromatic rings. The van der Waals surface area contributed by atoms with Crippen LogP contribution in [0.3, 0.4) is 0 Å². The molecule has 9 aliphatic rings. The topological polar surface area (TPSA) is 453 Å². The fourth-order valence-electron chi connectivity index (χ4n) is 14.9. The molecule has 0 radical (unpaired) electrons. The Morgan fingerprint density at radius 1 is 0.513 bits per heavy atom. The van der Waals surface area contributed by atoms with E-state index in [2.05, 4.69) is 13.5 Å². The van der Waals surface area contributed by atoms with Gasteiger partial charge in [-0.3, -0.25) is 4.79 Å². The van der Waals surface area contributed by atoms with Crippen molar-refractivity contribution >= 4 is 5.97 Å². The highest BCUT2D eigenvalue weighted by Crippen LogP contribution is 2.74. The average Bonchev–Trinajstić information content (AvgIpc) is 3.87. The van der Waals surface area contributed by atoms with Gasteiger partial charge in [-0.05, 0) is 86.5 Å². The van der Waals surface area contributed by atoms with Crippen molar-refractivity contribution in [2.24, 2.45) is 28.1 Å². The summed E-state index contributed by atoms with van der Waals surface area (Å²) in [7, 11) is 0. The second kappa shape index (κ2) is 23.3. The van der Waals surface area contributed by atoms with E-state index < -0.39 is 214 Å². The first-order valence-corrected chi connectivity index (χ1v) is 26.9. The number of fused-ring (bicyclic) bond motifs is 3. The molecule has 28 heteroatoms. The van der Waals surface area contributed by atoms with Crippen LogP contribution in [-0.2, 0) is 52.2 Å². The zero-order valence-electron chi connectivity index (χ0n) is 43.3. The van der Waals surface area contributed by atoms with E-state index in [0.717, 1.165) is 6.42 Å². The number of rotatable bonds is 15. The Hall–Kier alpha value is -1.83.